The third kappa shape index (κ3) is 4.89. The second-order valence-electron chi connectivity index (χ2n) is 6.49. The normalized spacial score (nSPS) is 11.2. The lowest BCUT2D eigenvalue weighted by atomic mass is 9.93. The van der Waals surface area contributed by atoms with Crippen LogP contribution in [0.3, 0.4) is 0 Å². The Morgan fingerprint density at radius 3 is 2.42 bits per heavy atom. The fourth-order valence-electron chi connectivity index (χ4n) is 2.02. The summed E-state index contributed by atoms with van der Waals surface area (Å²) in [5.74, 6) is -0.473. The van der Waals surface area contributed by atoms with E-state index in [4.69, 9.17) is 0 Å². The molecule has 0 aliphatic heterocycles. The first-order chi connectivity index (χ1) is 11.3. The predicted octanol–water partition coefficient (Wildman–Crippen LogP) is 3.80. The number of hydrogen-bond acceptors (Lipinski definition) is 5. The third-order valence-corrected chi connectivity index (χ3v) is 4.38. The number of benzene rings is 1. The second kappa shape index (κ2) is 7.57. The maximum absolute atomic E-state index is 12.0. The quantitative estimate of drug-likeness (QED) is 0.836. The van der Waals surface area contributed by atoms with Gasteiger partial charge in [-0.1, -0.05) is 20.8 Å². The minimum absolute atomic E-state index is 0.0262. The van der Waals surface area contributed by atoms with Gasteiger partial charge in [0.2, 0.25) is 5.91 Å². The molecular formula is C18H22N2O3S. The zero-order valence-corrected chi connectivity index (χ0v) is 15.2. The fourth-order valence-corrected chi connectivity index (χ4v) is 3.05. The minimum atomic E-state index is -0.397. The molecule has 2 rings (SSSR count). The van der Waals surface area contributed by atoms with Crippen LogP contribution in [0, 0.1) is 0 Å². The fraction of sp³-hybridized carbons (Fsp3) is 0.389. The van der Waals surface area contributed by atoms with Crippen LogP contribution in [0.5, 0.6) is 0 Å². The van der Waals surface area contributed by atoms with Crippen LogP contribution in [0.15, 0.2) is 29.6 Å². The van der Waals surface area contributed by atoms with Crippen LogP contribution >= 0.6 is 11.3 Å². The molecule has 0 aliphatic carbocycles. The van der Waals surface area contributed by atoms with Gasteiger partial charge in [0, 0.05) is 29.3 Å². The largest absolute Gasteiger partial charge is 0.465 e. The molecule has 2 aromatic rings. The number of carbonyl (C=O) groups is 2. The number of nitrogens with one attached hydrogen (secondary N) is 1. The molecule has 0 unspecified atom stereocenters. The van der Waals surface area contributed by atoms with Gasteiger partial charge >= 0.3 is 5.97 Å². The zero-order valence-electron chi connectivity index (χ0n) is 14.4. The number of hydrogen-bond donors (Lipinski definition) is 1. The van der Waals surface area contributed by atoms with Crippen molar-refractivity contribution in [3.05, 3.63) is 45.9 Å². The SMILES string of the molecule is COC(=O)c1ccc(NC(=O)CCc2nc(C(C)(C)C)cs2)cc1. The first-order valence-electron chi connectivity index (χ1n) is 7.72. The van der Waals surface area contributed by atoms with Crippen molar-refractivity contribution in [3.63, 3.8) is 0 Å². The zero-order chi connectivity index (χ0) is 17.7. The van der Waals surface area contributed by atoms with Crippen LogP contribution < -0.4 is 5.32 Å². The highest BCUT2D eigenvalue weighted by molar-refractivity contribution is 7.09. The van der Waals surface area contributed by atoms with E-state index < -0.39 is 5.97 Å². The molecule has 0 atom stereocenters. The van der Waals surface area contributed by atoms with E-state index in [1.54, 1.807) is 35.6 Å². The highest BCUT2D eigenvalue weighted by atomic mass is 32.1. The van der Waals surface area contributed by atoms with Crippen LogP contribution in [0.25, 0.3) is 0 Å². The van der Waals surface area contributed by atoms with E-state index >= 15 is 0 Å². The smallest absolute Gasteiger partial charge is 0.337 e. The van der Waals surface area contributed by atoms with Gasteiger partial charge in [-0.2, -0.15) is 0 Å². The first-order valence-corrected chi connectivity index (χ1v) is 8.60. The van der Waals surface area contributed by atoms with Gasteiger partial charge < -0.3 is 10.1 Å². The maximum atomic E-state index is 12.0. The summed E-state index contributed by atoms with van der Waals surface area (Å²) in [4.78, 5) is 28.0. The van der Waals surface area contributed by atoms with Gasteiger partial charge in [-0.05, 0) is 24.3 Å². The summed E-state index contributed by atoms with van der Waals surface area (Å²) >= 11 is 1.59. The van der Waals surface area contributed by atoms with Crippen LogP contribution in [0.1, 0.15) is 48.3 Å². The third-order valence-electron chi connectivity index (χ3n) is 3.48. The number of ether oxygens (including phenoxy) is 1. The topological polar surface area (TPSA) is 68.3 Å². The summed E-state index contributed by atoms with van der Waals surface area (Å²) in [5.41, 5.74) is 2.19. The number of methoxy groups -OCH3 is 1. The van der Waals surface area contributed by atoms with E-state index in [-0.39, 0.29) is 11.3 Å². The van der Waals surface area contributed by atoms with Crippen molar-refractivity contribution in [3.8, 4) is 0 Å². The van der Waals surface area contributed by atoms with Crippen LogP contribution in [-0.2, 0) is 21.4 Å². The molecule has 1 aromatic heterocycles. The molecule has 0 radical (unpaired) electrons. The molecule has 5 nitrogen and oxygen atoms in total. The molecule has 0 aliphatic rings. The molecule has 24 heavy (non-hydrogen) atoms. The molecule has 6 heteroatoms. The summed E-state index contributed by atoms with van der Waals surface area (Å²) in [6.07, 6.45) is 0.989. The molecule has 0 saturated carbocycles. The van der Waals surface area contributed by atoms with Crippen molar-refractivity contribution in [2.75, 3.05) is 12.4 Å². The molecule has 0 bridgehead atoms. The number of amides is 1. The van der Waals surface area contributed by atoms with E-state index in [9.17, 15) is 9.59 Å². The Morgan fingerprint density at radius 1 is 1.21 bits per heavy atom. The Balaban J connectivity index is 1.87. The number of aromatic nitrogens is 1. The highest BCUT2D eigenvalue weighted by Gasteiger charge is 2.17. The standard InChI is InChI=1S/C18H22N2O3S/c1-18(2,3)14-11-24-16(20-14)10-9-15(21)19-13-7-5-12(6-8-13)17(22)23-4/h5-8,11H,9-10H2,1-4H3,(H,19,21). The first kappa shape index (κ1) is 18.1. The van der Waals surface area contributed by atoms with Crippen molar-refractivity contribution in [1.82, 2.24) is 4.98 Å². The summed E-state index contributed by atoms with van der Waals surface area (Å²) in [6.45, 7) is 6.36. The van der Waals surface area contributed by atoms with E-state index in [2.05, 4.69) is 41.2 Å². The number of thiazole rings is 1. The van der Waals surface area contributed by atoms with Gasteiger partial charge in [-0.15, -0.1) is 11.3 Å². The summed E-state index contributed by atoms with van der Waals surface area (Å²) < 4.78 is 4.64. The van der Waals surface area contributed by atoms with Crippen LogP contribution in [0.4, 0.5) is 5.69 Å². The van der Waals surface area contributed by atoms with E-state index in [0.717, 1.165) is 10.7 Å². The lowest BCUT2D eigenvalue weighted by Gasteiger charge is -2.14. The van der Waals surface area contributed by atoms with Gasteiger partial charge in [0.25, 0.3) is 0 Å². The van der Waals surface area contributed by atoms with Crippen LogP contribution in [0.2, 0.25) is 0 Å². The average molecular weight is 346 g/mol. The summed E-state index contributed by atoms with van der Waals surface area (Å²) in [7, 11) is 1.34. The summed E-state index contributed by atoms with van der Waals surface area (Å²) in [5, 5.41) is 5.84. The van der Waals surface area contributed by atoms with Gasteiger partial charge in [0.1, 0.15) is 0 Å². The van der Waals surface area contributed by atoms with Gasteiger partial charge in [0.05, 0.1) is 23.4 Å². The Kier molecular flexibility index (Phi) is 5.72. The monoisotopic (exact) mass is 346 g/mol. The maximum Gasteiger partial charge on any atom is 0.337 e. The Labute approximate surface area is 146 Å². The van der Waals surface area contributed by atoms with Crippen molar-refractivity contribution in [2.45, 2.75) is 39.0 Å². The van der Waals surface area contributed by atoms with Crippen molar-refractivity contribution < 1.29 is 14.3 Å². The highest BCUT2D eigenvalue weighted by Crippen LogP contribution is 2.24. The molecule has 1 N–H and O–H groups in total. The molecule has 0 saturated heterocycles. The molecule has 0 fully saturated rings. The Morgan fingerprint density at radius 2 is 1.88 bits per heavy atom. The molecular weight excluding hydrogens is 324 g/mol. The molecule has 128 valence electrons. The number of carbonyl (C=O) groups excluding carboxylic acids is 2. The predicted molar refractivity (Wildman–Crippen MR) is 95.5 cm³/mol. The number of esters is 1. The van der Waals surface area contributed by atoms with E-state index in [0.29, 0.717) is 24.1 Å². The second-order valence-corrected chi connectivity index (χ2v) is 7.44. The van der Waals surface area contributed by atoms with Crippen LogP contribution in [-0.4, -0.2) is 24.0 Å². The van der Waals surface area contributed by atoms with E-state index in [1.807, 2.05) is 0 Å². The minimum Gasteiger partial charge on any atom is -0.465 e. The number of anilines is 1. The molecule has 1 heterocycles. The lowest BCUT2D eigenvalue weighted by molar-refractivity contribution is -0.116. The number of nitrogens with zero attached hydrogens (tertiary/aromatic N) is 1. The van der Waals surface area contributed by atoms with Gasteiger partial charge in [0.15, 0.2) is 0 Å². The van der Waals surface area contributed by atoms with Crippen molar-refractivity contribution in [1.29, 1.82) is 0 Å². The van der Waals surface area contributed by atoms with Crippen molar-refractivity contribution in [2.24, 2.45) is 0 Å². The average Bonchev–Trinajstić information content (AvgIpc) is 3.02. The Bertz CT molecular complexity index is 715. The summed E-state index contributed by atoms with van der Waals surface area (Å²) in [6, 6.07) is 6.62. The van der Waals surface area contributed by atoms with E-state index in [1.165, 1.54) is 7.11 Å². The lowest BCUT2D eigenvalue weighted by Crippen LogP contribution is -2.13. The molecule has 0 spiro atoms. The molecule has 1 amide bonds. The number of rotatable bonds is 5. The van der Waals surface area contributed by atoms with Gasteiger partial charge in [-0.3, -0.25) is 4.79 Å². The number of aryl methyl sites for hydroxylation is 1. The Hall–Kier alpha value is -2.21. The van der Waals surface area contributed by atoms with Crippen molar-refractivity contribution >= 4 is 28.9 Å². The van der Waals surface area contributed by atoms with Gasteiger partial charge in [-0.25, -0.2) is 9.78 Å². The molecule has 1 aromatic carbocycles.